The standard InChI is InChI=1S/C24H32N4O7/c1-5-11-25-23(29)18-13-17(9-10-20(18)33-6-2)27-24(30)26-15-16-12-22(35-8-4)19(28(31)32)14-21(16)34-7-3/h9-10,12-14H,5-8,11,15H2,1-4H3,(H,25,29)(H2,26,27,30). The van der Waals surface area contributed by atoms with Crippen LogP contribution in [-0.4, -0.2) is 43.2 Å². The minimum absolute atomic E-state index is 0.0279. The molecule has 3 N–H and O–H groups in total. The van der Waals surface area contributed by atoms with Gasteiger partial charge in [-0.15, -0.1) is 0 Å². The number of rotatable bonds is 13. The van der Waals surface area contributed by atoms with Gasteiger partial charge in [0.05, 0.1) is 36.4 Å². The number of nitrogens with one attached hydrogen (secondary N) is 3. The molecule has 35 heavy (non-hydrogen) atoms. The van der Waals surface area contributed by atoms with E-state index >= 15 is 0 Å². The van der Waals surface area contributed by atoms with Crippen LogP contribution >= 0.6 is 0 Å². The number of ether oxygens (including phenoxy) is 3. The van der Waals surface area contributed by atoms with Crippen LogP contribution in [0.3, 0.4) is 0 Å². The van der Waals surface area contributed by atoms with Gasteiger partial charge >= 0.3 is 11.7 Å². The third kappa shape index (κ3) is 7.76. The first-order chi connectivity index (χ1) is 16.8. The summed E-state index contributed by atoms with van der Waals surface area (Å²) in [7, 11) is 0. The van der Waals surface area contributed by atoms with E-state index < -0.39 is 11.0 Å². The Bertz CT molecular complexity index is 1040. The Hall–Kier alpha value is -4.02. The molecule has 0 radical (unpaired) electrons. The van der Waals surface area contributed by atoms with E-state index in [2.05, 4.69) is 16.0 Å². The predicted octanol–water partition coefficient (Wildman–Crippen LogP) is 4.25. The summed E-state index contributed by atoms with van der Waals surface area (Å²) in [5.41, 5.74) is 1.01. The summed E-state index contributed by atoms with van der Waals surface area (Å²) >= 11 is 0. The van der Waals surface area contributed by atoms with Crippen molar-refractivity contribution < 1.29 is 28.7 Å². The van der Waals surface area contributed by atoms with Crippen molar-refractivity contribution in [3.63, 3.8) is 0 Å². The highest BCUT2D eigenvalue weighted by Gasteiger charge is 2.21. The molecule has 0 saturated carbocycles. The van der Waals surface area contributed by atoms with Crippen LogP contribution in [0, 0.1) is 10.1 Å². The second kappa shape index (κ2) is 13.6. The molecule has 3 amide bonds. The predicted molar refractivity (Wildman–Crippen MR) is 132 cm³/mol. The molecule has 2 aromatic carbocycles. The van der Waals surface area contributed by atoms with Crippen molar-refractivity contribution >= 4 is 23.3 Å². The maximum Gasteiger partial charge on any atom is 0.319 e. The molecule has 190 valence electrons. The number of amides is 3. The second-order valence-electron chi connectivity index (χ2n) is 7.26. The Morgan fingerprint density at radius 2 is 1.54 bits per heavy atom. The van der Waals surface area contributed by atoms with Crippen molar-refractivity contribution in [1.82, 2.24) is 10.6 Å². The van der Waals surface area contributed by atoms with Crippen LogP contribution in [0.4, 0.5) is 16.2 Å². The third-order valence-electron chi connectivity index (χ3n) is 4.70. The molecule has 0 aliphatic rings. The molecule has 0 saturated heterocycles. The van der Waals surface area contributed by atoms with E-state index in [-0.39, 0.29) is 36.2 Å². The van der Waals surface area contributed by atoms with E-state index in [0.717, 1.165) is 6.42 Å². The average molecular weight is 489 g/mol. The average Bonchev–Trinajstić information content (AvgIpc) is 2.83. The van der Waals surface area contributed by atoms with Crippen LogP contribution < -0.4 is 30.2 Å². The fourth-order valence-corrected chi connectivity index (χ4v) is 3.18. The van der Waals surface area contributed by atoms with Gasteiger partial charge in [-0.1, -0.05) is 6.92 Å². The van der Waals surface area contributed by atoms with Gasteiger partial charge in [-0.2, -0.15) is 0 Å². The van der Waals surface area contributed by atoms with E-state index in [1.807, 2.05) is 13.8 Å². The van der Waals surface area contributed by atoms with Gasteiger partial charge in [0.2, 0.25) is 0 Å². The van der Waals surface area contributed by atoms with Gasteiger partial charge < -0.3 is 30.2 Å². The summed E-state index contributed by atoms with van der Waals surface area (Å²) < 4.78 is 16.5. The van der Waals surface area contributed by atoms with Crippen LogP contribution in [0.2, 0.25) is 0 Å². The maximum atomic E-state index is 12.6. The summed E-state index contributed by atoms with van der Waals surface area (Å²) in [5, 5.41) is 19.6. The normalized spacial score (nSPS) is 10.3. The quantitative estimate of drug-likeness (QED) is 0.283. The molecule has 11 heteroatoms. The molecule has 0 spiro atoms. The number of carbonyl (C=O) groups excluding carboxylic acids is 2. The van der Waals surface area contributed by atoms with Crippen LogP contribution in [0.25, 0.3) is 0 Å². The van der Waals surface area contributed by atoms with Crippen molar-refractivity contribution in [3.8, 4) is 17.2 Å². The molecule has 11 nitrogen and oxygen atoms in total. The number of carbonyl (C=O) groups is 2. The highest BCUT2D eigenvalue weighted by atomic mass is 16.6. The summed E-state index contributed by atoms with van der Waals surface area (Å²) in [6, 6.07) is 7.04. The van der Waals surface area contributed by atoms with Crippen molar-refractivity contribution in [2.24, 2.45) is 0 Å². The Kier molecular flexibility index (Phi) is 10.6. The smallest absolute Gasteiger partial charge is 0.319 e. The van der Waals surface area contributed by atoms with E-state index in [0.29, 0.717) is 42.3 Å². The third-order valence-corrected chi connectivity index (χ3v) is 4.70. The Labute approximate surface area is 204 Å². The van der Waals surface area contributed by atoms with Crippen molar-refractivity contribution in [3.05, 3.63) is 51.6 Å². The summed E-state index contributed by atoms with van der Waals surface area (Å²) in [5.74, 6) is 0.490. The SMILES string of the molecule is CCCNC(=O)c1cc(NC(=O)NCc2cc(OCC)c([N+](=O)[O-])cc2OCC)ccc1OCC. The number of benzene rings is 2. The van der Waals surface area contributed by atoms with Gasteiger partial charge in [-0.3, -0.25) is 14.9 Å². The fraction of sp³-hybridized carbons (Fsp3) is 0.417. The maximum absolute atomic E-state index is 12.6. The van der Waals surface area contributed by atoms with Crippen LogP contribution in [0.1, 0.15) is 50.0 Å². The zero-order valence-electron chi connectivity index (χ0n) is 20.4. The van der Waals surface area contributed by atoms with Gasteiger partial charge in [0.15, 0.2) is 5.75 Å². The summed E-state index contributed by atoms with van der Waals surface area (Å²) in [6.07, 6.45) is 0.785. The monoisotopic (exact) mass is 488 g/mol. The lowest BCUT2D eigenvalue weighted by atomic mass is 10.1. The van der Waals surface area contributed by atoms with Crippen molar-refractivity contribution in [2.75, 3.05) is 31.7 Å². The van der Waals surface area contributed by atoms with Gasteiger partial charge in [-0.05, 0) is 51.5 Å². The Morgan fingerprint density at radius 1 is 0.886 bits per heavy atom. The number of anilines is 1. The Morgan fingerprint density at radius 3 is 2.17 bits per heavy atom. The molecule has 0 bridgehead atoms. The number of urea groups is 1. The number of hydrogen-bond acceptors (Lipinski definition) is 7. The van der Waals surface area contributed by atoms with E-state index in [1.54, 1.807) is 32.0 Å². The lowest BCUT2D eigenvalue weighted by Gasteiger charge is -2.15. The molecule has 0 aliphatic carbocycles. The molecule has 0 aliphatic heterocycles. The Balaban J connectivity index is 2.18. The van der Waals surface area contributed by atoms with Crippen molar-refractivity contribution in [1.29, 1.82) is 0 Å². The van der Waals surface area contributed by atoms with Gasteiger partial charge in [-0.25, -0.2) is 4.79 Å². The second-order valence-corrected chi connectivity index (χ2v) is 7.26. The first-order valence-electron chi connectivity index (χ1n) is 11.5. The summed E-state index contributed by atoms with van der Waals surface area (Å²) in [6.45, 7) is 8.72. The highest BCUT2D eigenvalue weighted by molar-refractivity contribution is 5.99. The van der Waals surface area contributed by atoms with Crippen LogP contribution in [0.15, 0.2) is 30.3 Å². The van der Waals surface area contributed by atoms with E-state index in [9.17, 15) is 19.7 Å². The van der Waals surface area contributed by atoms with Crippen LogP contribution in [-0.2, 0) is 6.54 Å². The number of hydrogen-bond donors (Lipinski definition) is 3. The molecular formula is C24H32N4O7. The molecule has 0 unspecified atom stereocenters. The number of nitro benzene ring substituents is 1. The molecule has 0 atom stereocenters. The lowest BCUT2D eigenvalue weighted by molar-refractivity contribution is -0.385. The van der Waals surface area contributed by atoms with Gasteiger partial charge in [0.25, 0.3) is 5.91 Å². The lowest BCUT2D eigenvalue weighted by Crippen LogP contribution is -2.29. The molecule has 0 fully saturated rings. The minimum atomic E-state index is -0.544. The van der Waals surface area contributed by atoms with Gasteiger partial charge in [0, 0.05) is 24.3 Å². The van der Waals surface area contributed by atoms with Crippen molar-refractivity contribution in [2.45, 2.75) is 40.7 Å². The first kappa shape index (κ1) is 27.2. The van der Waals surface area contributed by atoms with E-state index in [1.165, 1.54) is 12.1 Å². The molecule has 0 heterocycles. The van der Waals surface area contributed by atoms with Gasteiger partial charge in [0.1, 0.15) is 11.5 Å². The number of nitro groups is 1. The topological polar surface area (TPSA) is 141 Å². The van der Waals surface area contributed by atoms with E-state index in [4.69, 9.17) is 14.2 Å². The molecular weight excluding hydrogens is 456 g/mol. The number of nitrogens with zero attached hydrogens (tertiary/aromatic N) is 1. The highest BCUT2D eigenvalue weighted by Crippen LogP contribution is 2.35. The molecule has 2 aromatic rings. The first-order valence-corrected chi connectivity index (χ1v) is 11.5. The largest absolute Gasteiger partial charge is 0.493 e. The molecule has 0 aromatic heterocycles. The zero-order valence-corrected chi connectivity index (χ0v) is 20.4. The fourth-order valence-electron chi connectivity index (χ4n) is 3.18. The zero-order chi connectivity index (χ0) is 25.8. The van der Waals surface area contributed by atoms with Crippen LogP contribution in [0.5, 0.6) is 17.2 Å². The summed E-state index contributed by atoms with van der Waals surface area (Å²) in [4.78, 5) is 35.9. The minimum Gasteiger partial charge on any atom is -0.493 e. The molecule has 2 rings (SSSR count).